The summed E-state index contributed by atoms with van der Waals surface area (Å²) in [5, 5.41) is 0. The lowest BCUT2D eigenvalue weighted by Crippen LogP contribution is -2.03. The van der Waals surface area contributed by atoms with Crippen molar-refractivity contribution in [1.82, 2.24) is 0 Å². The molecule has 128 valence electrons. The van der Waals surface area contributed by atoms with Gasteiger partial charge in [-0.2, -0.15) is 8.78 Å². The van der Waals surface area contributed by atoms with Crippen molar-refractivity contribution < 1.29 is 26.7 Å². The Morgan fingerprint density at radius 1 is 0.640 bits per heavy atom. The van der Waals surface area contributed by atoms with Gasteiger partial charge in [-0.05, 0) is 47.0 Å². The Balaban J connectivity index is 1.93. The highest BCUT2D eigenvalue weighted by atomic mass is 19.3. The molecule has 3 aromatic carbocycles. The lowest BCUT2D eigenvalue weighted by molar-refractivity contribution is -0.0521. The van der Waals surface area contributed by atoms with Gasteiger partial charge in [-0.15, -0.1) is 0 Å². The number of ether oxygens (including phenoxy) is 1. The van der Waals surface area contributed by atoms with Crippen molar-refractivity contribution in [3.63, 3.8) is 0 Å². The first-order valence-electron chi connectivity index (χ1n) is 7.24. The highest BCUT2D eigenvalue weighted by Crippen LogP contribution is 2.31. The molecule has 0 bridgehead atoms. The zero-order valence-electron chi connectivity index (χ0n) is 12.6. The van der Waals surface area contributed by atoms with Crippen LogP contribution in [0.1, 0.15) is 0 Å². The zero-order valence-corrected chi connectivity index (χ0v) is 12.6. The molecule has 6 heteroatoms. The Bertz CT molecular complexity index is 891. The summed E-state index contributed by atoms with van der Waals surface area (Å²) >= 11 is 0. The minimum atomic E-state index is -3.15. The van der Waals surface area contributed by atoms with Gasteiger partial charge >= 0.3 is 6.61 Å². The van der Waals surface area contributed by atoms with Crippen LogP contribution in [0.25, 0.3) is 22.3 Å². The van der Waals surface area contributed by atoms with E-state index in [0.29, 0.717) is 11.1 Å². The van der Waals surface area contributed by atoms with Gasteiger partial charge in [0.25, 0.3) is 0 Å². The predicted octanol–water partition coefficient (Wildman–Crippen LogP) is 6.04. The Kier molecular flexibility index (Phi) is 4.70. The number of alkyl halides is 2. The molecule has 1 nitrogen and oxygen atoms in total. The first-order chi connectivity index (χ1) is 11.9. The van der Waals surface area contributed by atoms with Gasteiger partial charge in [0.2, 0.25) is 0 Å². The summed E-state index contributed by atoms with van der Waals surface area (Å²) in [6.07, 6.45) is 0. The lowest BCUT2D eigenvalue weighted by Gasteiger charge is -2.10. The van der Waals surface area contributed by atoms with E-state index in [-0.39, 0.29) is 11.1 Å². The van der Waals surface area contributed by atoms with Crippen LogP contribution in [0.3, 0.4) is 0 Å². The fourth-order valence-electron chi connectivity index (χ4n) is 2.43. The Morgan fingerprint density at radius 3 is 1.84 bits per heavy atom. The van der Waals surface area contributed by atoms with E-state index in [4.69, 9.17) is 0 Å². The molecule has 0 saturated heterocycles. The summed E-state index contributed by atoms with van der Waals surface area (Å²) in [7, 11) is 0. The Hall–Kier alpha value is -2.89. The summed E-state index contributed by atoms with van der Waals surface area (Å²) < 4.78 is 69.5. The third-order valence-corrected chi connectivity index (χ3v) is 3.61. The summed E-state index contributed by atoms with van der Waals surface area (Å²) in [5.74, 6) is -2.65. The van der Waals surface area contributed by atoms with Crippen LogP contribution >= 0.6 is 0 Å². The second-order valence-electron chi connectivity index (χ2n) is 5.23. The lowest BCUT2D eigenvalue weighted by atomic mass is 9.99. The first kappa shape index (κ1) is 17.0. The molecule has 0 aliphatic heterocycles. The maximum atomic E-state index is 14.4. The van der Waals surface area contributed by atoms with Crippen LogP contribution in [-0.4, -0.2) is 6.61 Å². The molecule has 3 aromatic rings. The van der Waals surface area contributed by atoms with Crippen molar-refractivity contribution in [2.45, 2.75) is 6.61 Å². The fraction of sp³-hybridized carbons (Fsp3) is 0.0526. The molecule has 0 aliphatic carbocycles. The predicted molar refractivity (Wildman–Crippen MR) is 83.8 cm³/mol. The number of hydrogen-bond acceptors (Lipinski definition) is 1. The third kappa shape index (κ3) is 3.79. The van der Waals surface area contributed by atoms with Gasteiger partial charge in [0, 0.05) is 5.56 Å². The molecule has 0 spiro atoms. The van der Waals surface area contributed by atoms with Gasteiger partial charge in [0.15, 0.2) is 11.6 Å². The van der Waals surface area contributed by atoms with E-state index in [1.807, 2.05) is 0 Å². The van der Waals surface area contributed by atoms with E-state index in [1.54, 1.807) is 6.07 Å². The normalized spacial score (nSPS) is 11.0. The van der Waals surface area contributed by atoms with Gasteiger partial charge in [-0.25, -0.2) is 13.2 Å². The average molecular weight is 350 g/mol. The molecule has 0 unspecified atom stereocenters. The largest absolute Gasteiger partial charge is 0.432 e. The molecule has 0 saturated carbocycles. The van der Waals surface area contributed by atoms with Gasteiger partial charge < -0.3 is 4.74 Å². The third-order valence-electron chi connectivity index (χ3n) is 3.61. The van der Waals surface area contributed by atoms with Crippen LogP contribution in [0.15, 0.2) is 60.7 Å². The van der Waals surface area contributed by atoms with E-state index in [0.717, 1.165) is 12.1 Å². The van der Waals surface area contributed by atoms with Gasteiger partial charge in [-0.1, -0.05) is 30.3 Å². The van der Waals surface area contributed by atoms with Gasteiger partial charge in [0.1, 0.15) is 11.6 Å². The zero-order chi connectivity index (χ0) is 18.0. The molecule has 0 atom stereocenters. The van der Waals surface area contributed by atoms with E-state index < -0.39 is 29.8 Å². The van der Waals surface area contributed by atoms with E-state index in [1.165, 1.54) is 42.5 Å². The molecular weight excluding hydrogens is 339 g/mol. The van der Waals surface area contributed by atoms with Crippen LogP contribution in [0, 0.1) is 17.5 Å². The topological polar surface area (TPSA) is 9.23 Å². The molecule has 0 heterocycles. The summed E-state index contributed by atoms with van der Waals surface area (Å²) in [6, 6.07) is 13.1. The van der Waals surface area contributed by atoms with Crippen molar-refractivity contribution in [3.8, 4) is 28.0 Å². The molecule has 0 fully saturated rings. The van der Waals surface area contributed by atoms with Crippen LogP contribution < -0.4 is 4.74 Å². The maximum absolute atomic E-state index is 14.4. The fourth-order valence-corrected chi connectivity index (χ4v) is 2.43. The van der Waals surface area contributed by atoms with Crippen LogP contribution in [0.4, 0.5) is 22.0 Å². The average Bonchev–Trinajstić information content (AvgIpc) is 2.57. The summed E-state index contributed by atoms with van der Waals surface area (Å²) in [4.78, 5) is 0. The first-order valence-corrected chi connectivity index (χ1v) is 7.24. The summed E-state index contributed by atoms with van der Waals surface area (Å²) in [5.41, 5.74) is 1.44. The monoisotopic (exact) mass is 350 g/mol. The molecule has 3 rings (SSSR count). The van der Waals surface area contributed by atoms with Crippen LogP contribution in [0.5, 0.6) is 5.75 Å². The molecule has 0 aromatic heterocycles. The van der Waals surface area contributed by atoms with Gasteiger partial charge in [0.05, 0.1) is 0 Å². The van der Waals surface area contributed by atoms with Crippen molar-refractivity contribution >= 4 is 0 Å². The molecule has 0 radical (unpaired) electrons. The van der Waals surface area contributed by atoms with Crippen LogP contribution in [-0.2, 0) is 0 Å². The molecule has 25 heavy (non-hydrogen) atoms. The Labute approximate surface area is 140 Å². The molecule has 0 N–H and O–H groups in total. The molecule has 0 aliphatic rings. The maximum Gasteiger partial charge on any atom is 0.387 e. The van der Waals surface area contributed by atoms with Crippen LogP contribution in [0.2, 0.25) is 0 Å². The number of hydrogen-bond donors (Lipinski definition) is 0. The van der Waals surface area contributed by atoms with Gasteiger partial charge in [-0.3, -0.25) is 0 Å². The quantitative estimate of drug-likeness (QED) is 0.521. The van der Waals surface area contributed by atoms with E-state index in [2.05, 4.69) is 4.74 Å². The number of halogens is 5. The highest BCUT2D eigenvalue weighted by Gasteiger charge is 2.13. The number of rotatable bonds is 4. The molecular formula is C19H11F5O. The minimum Gasteiger partial charge on any atom is -0.432 e. The van der Waals surface area contributed by atoms with E-state index >= 15 is 0 Å². The van der Waals surface area contributed by atoms with E-state index in [9.17, 15) is 22.0 Å². The van der Waals surface area contributed by atoms with Crippen molar-refractivity contribution in [2.75, 3.05) is 0 Å². The standard InChI is InChI=1S/C19H11F5O/c20-14-5-1-11(2-6-14)12-3-7-15(16(21)9-12)13-4-8-18(17(22)10-13)25-19(23)24/h1-10,19H. The second-order valence-corrected chi connectivity index (χ2v) is 5.23. The minimum absolute atomic E-state index is 0.105. The number of benzene rings is 3. The van der Waals surface area contributed by atoms with Crippen molar-refractivity contribution in [3.05, 3.63) is 78.1 Å². The van der Waals surface area contributed by atoms with Crippen molar-refractivity contribution in [2.24, 2.45) is 0 Å². The Morgan fingerprint density at radius 2 is 1.24 bits per heavy atom. The smallest absolute Gasteiger partial charge is 0.387 e. The van der Waals surface area contributed by atoms with Crippen molar-refractivity contribution in [1.29, 1.82) is 0 Å². The highest BCUT2D eigenvalue weighted by molar-refractivity contribution is 5.71. The SMILES string of the molecule is Fc1ccc(-c2ccc(-c3ccc(OC(F)F)c(F)c3)c(F)c2)cc1. The second kappa shape index (κ2) is 6.93. The summed E-state index contributed by atoms with van der Waals surface area (Å²) in [6.45, 7) is -3.15. The molecule has 0 amide bonds.